The van der Waals surface area contributed by atoms with Gasteiger partial charge in [0.05, 0.1) is 6.54 Å². The molecule has 2 fully saturated rings. The highest BCUT2D eigenvalue weighted by molar-refractivity contribution is 5.71. The lowest BCUT2D eigenvalue weighted by molar-refractivity contribution is -0.151. The van der Waals surface area contributed by atoms with Gasteiger partial charge in [-0.2, -0.15) is 0 Å². The maximum atomic E-state index is 12.3. The van der Waals surface area contributed by atoms with E-state index < -0.39 is 0 Å². The number of nitrogens with zero attached hydrogens (tertiary/aromatic N) is 1. The molecule has 134 valence electrons. The molecule has 3 nitrogen and oxygen atoms in total. The molecule has 1 aliphatic carbocycles. The Bertz CT molecular complexity index is 299. The molecule has 1 saturated carbocycles. The average molecular weight is 324 g/mol. The molecule has 0 aromatic carbocycles. The van der Waals surface area contributed by atoms with Gasteiger partial charge in [-0.25, -0.2) is 0 Å². The van der Waals surface area contributed by atoms with Gasteiger partial charge in [-0.3, -0.25) is 9.69 Å². The van der Waals surface area contributed by atoms with Crippen LogP contribution in [0, 0.1) is 0 Å². The van der Waals surface area contributed by atoms with E-state index in [1.807, 2.05) is 0 Å². The van der Waals surface area contributed by atoms with Crippen molar-refractivity contribution in [3.05, 3.63) is 0 Å². The van der Waals surface area contributed by atoms with Crippen molar-refractivity contribution in [2.45, 2.75) is 102 Å². The molecule has 0 amide bonds. The summed E-state index contributed by atoms with van der Waals surface area (Å²) >= 11 is 0. The van der Waals surface area contributed by atoms with Gasteiger partial charge in [0.1, 0.15) is 6.10 Å². The minimum absolute atomic E-state index is 0.0176. The summed E-state index contributed by atoms with van der Waals surface area (Å²) in [5.41, 5.74) is 0. The standard InChI is InChI=1S/C20H37NO2/c22-20(18-21-16-12-8-9-13-17-21)23-19-14-10-6-4-2-1-3-5-7-11-15-19/h19H,1-18H2. The van der Waals surface area contributed by atoms with Crippen molar-refractivity contribution >= 4 is 5.97 Å². The first-order valence-corrected chi connectivity index (χ1v) is 10.3. The van der Waals surface area contributed by atoms with Gasteiger partial charge in [-0.05, 0) is 51.6 Å². The van der Waals surface area contributed by atoms with Crippen molar-refractivity contribution in [3.63, 3.8) is 0 Å². The zero-order chi connectivity index (χ0) is 16.2. The van der Waals surface area contributed by atoms with Gasteiger partial charge >= 0.3 is 5.97 Å². The molecular weight excluding hydrogens is 286 g/mol. The highest BCUT2D eigenvalue weighted by Crippen LogP contribution is 2.19. The summed E-state index contributed by atoms with van der Waals surface area (Å²) in [4.78, 5) is 14.6. The normalized spacial score (nSPS) is 24.2. The number of rotatable bonds is 3. The number of ether oxygens (including phenoxy) is 1. The lowest BCUT2D eigenvalue weighted by Crippen LogP contribution is -2.33. The Morgan fingerprint density at radius 1 is 0.696 bits per heavy atom. The predicted molar refractivity (Wildman–Crippen MR) is 95.6 cm³/mol. The molecule has 0 spiro atoms. The first-order chi connectivity index (χ1) is 11.3. The zero-order valence-electron chi connectivity index (χ0n) is 15.1. The molecule has 0 aromatic heterocycles. The summed E-state index contributed by atoms with van der Waals surface area (Å²) in [6, 6.07) is 0. The second kappa shape index (κ2) is 11.9. The van der Waals surface area contributed by atoms with Crippen LogP contribution in [0.25, 0.3) is 0 Å². The van der Waals surface area contributed by atoms with Crippen LogP contribution >= 0.6 is 0 Å². The summed E-state index contributed by atoms with van der Waals surface area (Å²) in [5, 5.41) is 0. The first-order valence-electron chi connectivity index (χ1n) is 10.3. The Morgan fingerprint density at radius 2 is 1.13 bits per heavy atom. The van der Waals surface area contributed by atoms with Gasteiger partial charge in [0.25, 0.3) is 0 Å². The highest BCUT2D eigenvalue weighted by atomic mass is 16.5. The fourth-order valence-corrected chi connectivity index (χ4v) is 3.94. The molecule has 1 heterocycles. The quantitative estimate of drug-likeness (QED) is 0.678. The minimum Gasteiger partial charge on any atom is -0.461 e. The van der Waals surface area contributed by atoms with Crippen LogP contribution in [0.5, 0.6) is 0 Å². The van der Waals surface area contributed by atoms with Crippen molar-refractivity contribution in [2.24, 2.45) is 0 Å². The Balaban J connectivity index is 1.71. The van der Waals surface area contributed by atoms with Gasteiger partial charge < -0.3 is 4.74 Å². The number of hydrogen-bond acceptors (Lipinski definition) is 3. The van der Waals surface area contributed by atoms with Crippen molar-refractivity contribution in [3.8, 4) is 0 Å². The maximum absolute atomic E-state index is 12.3. The summed E-state index contributed by atoms with van der Waals surface area (Å²) in [6.07, 6.45) is 19.4. The minimum atomic E-state index is 0.0176. The van der Waals surface area contributed by atoms with Crippen LogP contribution in [0.4, 0.5) is 0 Å². The van der Waals surface area contributed by atoms with Crippen LogP contribution < -0.4 is 0 Å². The van der Waals surface area contributed by atoms with Crippen LogP contribution in [0.3, 0.4) is 0 Å². The topological polar surface area (TPSA) is 29.5 Å². The van der Waals surface area contributed by atoms with E-state index >= 15 is 0 Å². The van der Waals surface area contributed by atoms with Gasteiger partial charge in [0.15, 0.2) is 0 Å². The third-order valence-corrected chi connectivity index (χ3v) is 5.40. The number of likely N-dealkylation sites (tertiary alicyclic amines) is 1. The summed E-state index contributed by atoms with van der Waals surface area (Å²) in [6.45, 7) is 2.65. The Labute approximate surface area is 143 Å². The summed E-state index contributed by atoms with van der Waals surface area (Å²) in [5.74, 6) is 0.0176. The summed E-state index contributed by atoms with van der Waals surface area (Å²) in [7, 11) is 0. The fraction of sp³-hybridized carbons (Fsp3) is 0.950. The molecule has 1 saturated heterocycles. The van der Waals surface area contributed by atoms with Gasteiger partial charge in [-0.1, -0.05) is 57.8 Å². The molecule has 0 unspecified atom stereocenters. The Morgan fingerprint density at radius 3 is 1.65 bits per heavy atom. The molecule has 23 heavy (non-hydrogen) atoms. The second-order valence-corrected chi connectivity index (χ2v) is 7.56. The van der Waals surface area contributed by atoms with E-state index in [0.29, 0.717) is 6.54 Å². The lowest BCUT2D eigenvalue weighted by atomic mass is 9.99. The van der Waals surface area contributed by atoms with Crippen LogP contribution in [-0.4, -0.2) is 36.6 Å². The van der Waals surface area contributed by atoms with E-state index in [0.717, 1.165) is 25.9 Å². The van der Waals surface area contributed by atoms with Gasteiger partial charge in [0, 0.05) is 0 Å². The summed E-state index contributed by atoms with van der Waals surface area (Å²) < 4.78 is 5.86. The first kappa shape index (κ1) is 18.8. The van der Waals surface area contributed by atoms with Crippen LogP contribution in [-0.2, 0) is 9.53 Å². The van der Waals surface area contributed by atoms with Crippen LogP contribution in [0.2, 0.25) is 0 Å². The van der Waals surface area contributed by atoms with E-state index in [1.54, 1.807) is 0 Å². The monoisotopic (exact) mass is 323 g/mol. The molecule has 1 aliphatic heterocycles. The third-order valence-electron chi connectivity index (χ3n) is 5.40. The second-order valence-electron chi connectivity index (χ2n) is 7.56. The van der Waals surface area contributed by atoms with Crippen molar-refractivity contribution in [1.29, 1.82) is 0 Å². The number of carbonyl (C=O) groups excluding carboxylic acids is 1. The highest BCUT2D eigenvalue weighted by Gasteiger charge is 2.18. The molecule has 3 heteroatoms. The number of carbonyl (C=O) groups is 1. The van der Waals surface area contributed by atoms with E-state index in [9.17, 15) is 4.79 Å². The van der Waals surface area contributed by atoms with E-state index in [4.69, 9.17) is 4.74 Å². The Hall–Kier alpha value is -0.570. The molecule has 0 aromatic rings. The van der Waals surface area contributed by atoms with Gasteiger partial charge in [0.2, 0.25) is 0 Å². The van der Waals surface area contributed by atoms with Gasteiger partial charge in [-0.15, -0.1) is 0 Å². The maximum Gasteiger partial charge on any atom is 0.320 e. The average Bonchev–Trinajstić information content (AvgIpc) is 2.78. The SMILES string of the molecule is O=C(CN1CCCCCC1)OC1CCCCCCCCCCC1. The fourth-order valence-electron chi connectivity index (χ4n) is 3.94. The zero-order valence-corrected chi connectivity index (χ0v) is 15.1. The smallest absolute Gasteiger partial charge is 0.320 e. The molecule has 0 N–H and O–H groups in total. The van der Waals surface area contributed by atoms with E-state index in [2.05, 4.69) is 4.90 Å². The molecule has 2 aliphatic rings. The van der Waals surface area contributed by atoms with Crippen LogP contribution in [0.15, 0.2) is 0 Å². The molecule has 2 rings (SSSR count). The number of esters is 1. The van der Waals surface area contributed by atoms with E-state index in [1.165, 1.54) is 83.5 Å². The molecule has 0 bridgehead atoms. The number of hydrogen-bond donors (Lipinski definition) is 0. The predicted octanol–water partition coefficient (Wildman–Crippen LogP) is 5.08. The molecule has 0 atom stereocenters. The van der Waals surface area contributed by atoms with Crippen molar-refractivity contribution in [1.82, 2.24) is 4.90 Å². The molecular formula is C20H37NO2. The Kier molecular flexibility index (Phi) is 9.70. The van der Waals surface area contributed by atoms with Crippen molar-refractivity contribution in [2.75, 3.05) is 19.6 Å². The van der Waals surface area contributed by atoms with E-state index in [-0.39, 0.29) is 12.1 Å². The third kappa shape index (κ3) is 8.74. The lowest BCUT2D eigenvalue weighted by Gasteiger charge is -2.22. The molecule has 0 radical (unpaired) electrons. The largest absolute Gasteiger partial charge is 0.461 e. The van der Waals surface area contributed by atoms with Crippen LogP contribution in [0.1, 0.15) is 96.3 Å². The van der Waals surface area contributed by atoms with Crippen molar-refractivity contribution < 1.29 is 9.53 Å².